The molecule has 1 aliphatic heterocycles. The number of fused-ring (bicyclic) bond motifs is 1. The van der Waals surface area contributed by atoms with Crippen molar-refractivity contribution in [3.05, 3.63) is 29.3 Å². The largest absolute Gasteiger partial charge is 0.508 e. The third-order valence-corrected chi connectivity index (χ3v) is 5.77. The number of hydrogen-bond donors (Lipinski definition) is 2. The third-order valence-electron chi connectivity index (χ3n) is 5.77. The van der Waals surface area contributed by atoms with Gasteiger partial charge in [0.1, 0.15) is 5.75 Å². The third kappa shape index (κ3) is 3.75. The predicted molar refractivity (Wildman–Crippen MR) is 96.1 cm³/mol. The highest BCUT2D eigenvalue weighted by Crippen LogP contribution is 2.33. The van der Waals surface area contributed by atoms with Crippen molar-refractivity contribution in [2.75, 3.05) is 13.1 Å². The van der Waals surface area contributed by atoms with Crippen LogP contribution in [0.4, 0.5) is 0 Å². The molecular weight excluding hydrogens is 300 g/mol. The topological polar surface area (TPSA) is 52.6 Å². The molecule has 1 aromatic carbocycles. The minimum atomic E-state index is 0.0843. The van der Waals surface area contributed by atoms with E-state index >= 15 is 0 Å². The van der Waals surface area contributed by atoms with Crippen molar-refractivity contribution in [3.63, 3.8) is 0 Å². The van der Waals surface area contributed by atoms with Gasteiger partial charge in [-0.15, -0.1) is 0 Å². The zero-order valence-corrected chi connectivity index (χ0v) is 14.9. The first-order chi connectivity index (χ1) is 11.6. The number of benzene rings is 1. The number of rotatable bonds is 6. The van der Waals surface area contributed by atoms with Crippen molar-refractivity contribution in [3.8, 4) is 5.75 Å². The van der Waals surface area contributed by atoms with E-state index in [-0.39, 0.29) is 11.7 Å². The Hall–Kier alpha value is -1.55. The van der Waals surface area contributed by atoms with Gasteiger partial charge in [0.15, 0.2) is 0 Å². The van der Waals surface area contributed by atoms with E-state index < -0.39 is 0 Å². The molecule has 0 saturated heterocycles. The second-order valence-corrected chi connectivity index (χ2v) is 7.55. The van der Waals surface area contributed by atoms with Gasteiger partial charge in [0.05, 0.1) is 0 Å². The number of nitrogens with zero attached hydrogens (tertiary/aromatic N) is 1. The van der Waals surface area contributed by atoms with Gasteiger partial charge in [-0.3, -0.25) is 4.79 Å². The number of phenolic OH excluding ortho intramolecular Hbond substituents is 1. The van der Waals surface area contributed by atoms with Gasteiger partial charge in [0, 0.05) is 24.7 Å². The van der Waals surface area contributed by atoms with Crippen LogP contribution in [-0.2, 0) is 6.54 Å². The second-order valence-electron chi connectivity index (χ2n) is 7.55. The van der Waals surface area contributed by atoms with Crippen molar-refractivity contribution in [2.45, 2.75) is 58.5 Å². The molecule has 0 spiro atoms. The number of amides is 1. The zero-order valence-electron chi connectivity index (χ0n) is 14.9. The molecule has 132 valence electrons. The maximum Gasteiger partial charge on any atom is 0.254 e. The lowest BCUT2D eigenvalue weighted by Crippen LogP contribution is -2.38. The van der Waals surface area contributed by atoms with Crippen LogP contribution in [0.5, 0.6) is 5.75 Å². The highest BCUT2D eigenvalue weighted by atomic mass is 16.3. The lowest BCUT2D eigenvalue weighted by Gasteiger charge is -2.34. The van der Waals surface area contributed by atoms with Gasteiger partial charge in [-0.2, -0.15) is 0 Å². The molecule has 2 N–H and O–H groups in total. The molecule has 1 aliphatic carbocycles. The van der Waals surface area contributed by atoms with Crippen LogP contribution in [0.3, 0.4) is 0 Å². The monoisotopic (exact) mass is 330 g/mol. The summed E-state index contributed by atoms with van der Waals surface area (Å²) in [6, 6.07) is 5.76. The van der Waals surface area contributed by atoms with Crippen LogP contribution in [0, 0.1) is 11.8 Å². The molecule has 0 bridgehead atoms. The Morgan fingerprint density at radius 2 is 2.04 bits per heavy atom. The summed E-state index contributed by atoms with van der Waals surface area (Å²) in [5.41, 5.74) is 1.73. The first-order valence-electron chi connectivity index (χ1n) is 9.43. The molecule has 1 aromatic rings. The van der Waals surface area contributed by atoms with Crippen LogP contribution in [0.15, 0.2) is 18.2 Å². The fraction of sp³-hybridized carbons (Fsp3) is 0.650. The van der Waals surface area contributed by atoms with Gasteiger partial charge in [-0.05, 0) is 75.1 Å². The fourth-order valence-corrected chi connectivity index (χ4v) is 4.22. The molecule has 1 heterocycles. The van der Waals surface area contributed by atoms with Crippen LogP contribution in [0.2, 0.25) is 0 Å². The lowest BCUT2D eigenvalue weighted by molar-refractivity contribution is 0.0725. The molecule has 1 fully saturated rings. The molecule has 4 nitrogen and oxygen atoms in total. The zero-order chi connectivity index (χ0) is 17.1. The summed E-state index contributed by atoms with van der Waals surface area (Å²) in [6.07, 6.45) is 6.14. The molecule has 0 aromatic heterocycles. The minimum Gasteiger partial charge on any atom is -0.508 e. The van der Waals surface area contributed by atoms with E-state index in [0.717, 1.165) is 24.6 Å². The second kappa shape index (κ2) is 7.56. The van der Waals surface area contributed by atoms with Crippen molar-refractivity contribution >= 4 is 5.91 Å². The molecule has 2 aliphatic rings. The Morgan fingerprint density at radius 3 is 2.75 bits per heavy atom. The van der Waals surface area contributed by atoms with Gasteiger partial charge in [-0.1, -0.05) is 13.0 Å². The predicted octanol–water partition coefficient (Wildman–Crippen LogP) is 3.54. The standard InChI is InChI=1S/C20H30N2O2/c1-3-10-21-14(2)16-6-4-15(5-7-16)12-22-13-17-8-9-18(23)11-19(17)20(22)24/h8-9,11,14-16,21,23H,3-7,10,12-13H2,1-2H3/t14?,15-,16-. The number of phenols is 1. The molecule has 1 saturated carbocycles. The number of carbonyl (C=O) groups excluding carboxylic acids is 1. The SMILES string of the molecule is CCCNC(C)[C@H]1CC[C@H](CN2Cc3ccc(O)cc3C2=O)CC1. The molecule has 1 atom stereocenters. The highest BCUT2D eigenvalue weighted by Gasteiger charge is 2.31. The summed E-state index contributed by atoms with van der Waals surface area (Å²) in [5.74, 6) is 1.65. The number of aromatic hydroxyl groups is 1. The van der Waals surface area contributed by atoms with Crippen molar-refractivity contribution in [1.29, 1.82) is 0 Å². The van der Waals surface area contributed by atoms with E-state index in [1.54, 1.807) is 12.1 Å². The van der Waals surface area contributed by atoms with E-state index in [9.17, 15) is 9.90 Å². The molecule has 3 rings (SSSR count). The van der Waals surface area contributed by atoms with Crippen LogP contribution in [0.1, 0.15) is 61.9 Å². The summed E-state index contributed by atoms with van der Waals surface area (Å²) >= 11 is 0. The Labute approximate surface area is 145 Å². The lowest BCUT2D eigenvalue weighted by atomic mass is 9.78. The van der Waals surface area contributed by atoms with Gasteiger partial charge < -0.3 is 15.3 Å². The Balaban J connectivity index is 1.50. The average Bonchev–Trinajstić information content (AvgIpc) is 2.89. The smallest absolute Gasteiger partial charge is 0.254 e. The minimum absolute atomic E-state index is 0.0843. The highest BCUT2D eigenvalue weighted by molar-refractivity contribution is 5.98. The summed E-state index contributed by atoms with van der Waals surface area (Å²) in [6.45, 7) is 7.18. The number of nitrogens with one attached hydrogen (secondary N) is 1. The molecule has 24 heavy (non-hydrogen) atoms. The molecule has 1 unspecified atom stereocenters. The molecule has 1 amide bonds. The number of hydrogen-bond acceptors (Lipinski definition) is 3. The fourth-order valence-electron chi connectivity index (χ4n) is 4.22. The van der Waals surface area contributed by atoms with Gasteiger partial charge in [0.25, 0.3) is 5.91 Å². The summed E-state index contributed by atoms with van der Waals surface area (Å²) in [7, 11) is 0. The van der Waals surface area contributed by atoms with Crippen LogP contribution >= 0.6 is 0 Å². The molecular formula is C20H30N2O2. The Morgan fingerprint density at radius 1 is 1.29 bits per heavy atom. The van der Waals surface area contributed by atoms with Gasteiger partial charge >= 0.3 is 0 Å². The quantitative estimate of drug-likeness (QED) is 0.839. The normalized spacial score (nSPS) is 24.9. The molecule has 4 heteroatoms. The van der Waals surface area contributed by atoms with E-state index in [4.69, 9.17) is 0 Å². The number of carbonyl (C=O) groups is 1. The first kappa shape index (κ1) is 17.3. The van der Waals surface area contributed by atoms with Crippen molar-refractivity contribution in [1.82, 2.24) is 10.2 Å². The maximum atomic E-state index is 12.5. The van der Waals surface area contributed by atoms with Crippen LogP contribution in [-0.4, -0.2) is 35.0 Å². The van der Waals surface area contributed by atoms with Crippen LogP contribution < -0.4 is 5.32 Å². The summed E-state index contributed by atoms with van der Waals surface area (Å²) in [4.78, 5) is 14.5. The summed E-state index contributed by atoms with van der Waals surface area (Å²) in [5, 5.41) is 13.2. The van der Waals surface area contributed by atoms with Gasteiger partial charge in [-0.25, -0.2) is 0 Å². The Kier molecular flexibility index (Phi) is 5.44. The van der Waals surface area contributed by atoms with E-state index in [0.29, 0.717) is 24.1 Å². The average molecular weight is 330 g/mol. The van der Waals surface area contributed by atoms with E-state index in [1.807, 2.05) is 11.0 Å². The van der Waals surface area contributed by atoms with Crippen molar-refractivity contribution < 1.29 is 9.90 Å². The summed E-state index contributed by atoms with van der Waals surface area (Å²) < 4.78 is 0. The van der Waals surface area contributed by atoms with Crippen molar-refractivity contribution in [2.24, 2.45) is 11.8 Å². The van der Waals surface area contributed by atoms with E-state index in [1.165, 1.54) is 32.1 Å². The molecule has 0 radical (unpaired) electrons. The maximum absolute atomic E-state index is 12.5. The van der Waals surface area contributed by atoms with Crippen LogP contribution in [0.25, 0.3) is 0 Å². The van der Waals surface area contributed by atoms with E-state index in [2.05, 4.69) is 19.2 Å². The first-order valence-corrected chi connectivity index (χ1v) is 9.43. The van der Waals surface area contributed by atoms with Gasteiger partial charge in [0.2, 0.25) is 0 Å². The Bertz CT molecular complexity index is 579.